The van der Waals surface area contributed by atoms with Crippen molar-refractivity contribution in [2.24, 2.45) is 0 Å². The molecule has 1 rings (SSSR count). The van der Waals surface area contributed by atoms with E-state index in [1.807, 2.05) is 23.6 Å². The van der Waals surface area contributed by atoms with E-state index in [2.05, 4.69) is 18.7 Å². The van der Waals surface area contributed by atoms with E-state index >= 15 is 0 Å². The Morgan fingerprint density at radius 1 is 1.22 bits per heavy atom. The molecule has 0 bridgehead atoms. The molecular formula is C8H8S. The van der Waals surface area contributed by atoms with Crippen molar-refractivity contribution in [2.45, 2.75) is 4.90 Å². The standard InChI is InChI=1S/C8H8S/c1-2-9-8-6-4-3-5-7-8/h2-7H,1H2/i1+1. The molecule has 1 heteroatoms. The third-order valence-electron chi connectivity index (χ3n) is 0.963. The molecule has 0 aliphatic carbocycles. The molecule has 0 atom stereocenters. The van der Waals surface area contributed by atoms with Gasteiger partial charge < -0.3 is 0 Å². The molecule has 0 saturated heterocycles. The lowest BCUT2D eigenvalue weighted by Crippen LogP contribution is -1.62. The number of thioether (sulfide) groups is 1. The van der Waals surface area contributed by atoms with Crippen molar-refractivity contribution in [3.8, 4) is 0 Å². The normalized spacial score (nSPS) is 8.89. The van der Waals surface area contributed by atoms with Crippen LogP contribution in [0, 0.1) is 0 Å². The highest BCUT2D eigenvalue weighted by molar-refractivity contribution is 8.02. The molecule has 1 aromatic carbocycles. The number of rotatable bonds is 2. The average molecular weight is 137 g/mol. The van der Waals surface area contributed by atoms with Crippen molar-refractivity contribution in [2.75, 3.05) is 0 Å². The molecular weight excluding hydrogens is 129 g/mol. The monoisotopic (exact) mass is 137 g/mol. The molecule has 0 fully saturated rings. The van der Waals surface area contributed by atoms with Crippen LogP contribution in [0.3, 0.4) is 0 Å². The SMILES string of the molecule is [13CH2]=CSc1ccccc1. The lowest BCUT2D eigenvalue weighted by Gasteiger charge is -1.90. The molecule has 0 unspecified atom stereocenters. The highest BCUT2D eigenvalue weighted by atomic mass is 32.2. The lowest BCUT2D eigenvalue weighted by atomic mass is 10.4. The van der Waals surface area contributed by atoms with Crippen LogP contribution in [0.2, 0.25) is 0 Å². The van der Waals surface area contributed by atoms with Crippen molar-refractivity contribution < 1.29 is 0 Å². The van der Waals surface area contributed by atoms with E-state index < -0.39 is 0 Å². The second-order valence-corrected chi connectivity index (χ2v) is 2.64. The number of benzene rings is 1. The highest BCUT2D eigenvalue weighted by Crippen LogP contribution is 2.16. The van der Waals surface area contributed by atoms with E-state index in [0.717, 1.165) is 0 Å². The zero-order chi connectivity index (χ0) is 6.53. The van der Waals surface area contributed by atoms with E-state index in [1.54, 1.807) is 11.8 Å². The van der Waals surface area contributed by atoms with Crippen LogP contribution >= 0.6 is 11.8 Å². The van der Waals surface area contributed by atoms with Crippen LogP contribution in [0.4, 0.5) is 0 Å². The fraction of sp³-hybridized carbons (Fsp3) is 0. The minimum Gasteiger partial charge on any atom is -0.0987 e. The van der Waals surface area contributed by atoms with Gasteiger partial charge in [0.2, 0.25) is 0 Å². The fourth-order valence-corrected chi connectivity index (χ4v) is 1.10. The summed E-state index contributed by atoms with van der Waals surface area (Å²) in [6.07, 6.45) is 0. The topological polar surface area (TPSA) is 0 Å². The maximum atomic E-state index is 3.62. The zero-order valence-electron chi connectivity index (χ0n) is 5.08. The van der Waals surface area contributed by atoms with Gasteiger partial charge in [0.15, 0.2) is 0 Å². The van der Waals surface area contributed by atoms with Crippen LogP contribution in [-0.2, 0) is 0 Å². The van der Waals surface area contributed by atoms with Gasteiger partial charge in [0.1, 0.15) is 0 Å². The van der Waals surface area contributed by atoms with Gasteiger partial charge >= 0.3 is 0 Å². The first kappa shape index (κ1) is 6.43. The number of hydrogen-bond donors (Lipinski definition) is 0. The van der Waals surface area contributed by atoms with Crippen LogP contribution in [-0.4, -0.2) is 0 Å². The predicted molar refractivity (Wildman–Crippen MR) is 42.5 cm³/mol. The van der Waals surface area contributed by atoms with Gasteiger partial charge in [-0.1, -0.05) is 36.5 Å². The van der Waals surface area contributed by atoms with Gasteiger partial charge in [0.25, 0.3) is 0 Å². The summed E-state index contributed by atoms with van der Waals surface area (Å²) in [4.78, 5) is 1.24. The van der Waals surface area contributed by atoms with Crippen LogP contribution in [0.5, 0.6) is 0 Å². The smallest absolute Gasteiger partial charge is 0.0116 e. The van der Waals surface area contributed by atoms with Gasteiger partial charge in [-0.05, 0) is 17.5 Å². The Kier molecular flexibility index (Phi) is 2.40. The first-order valence-corrected chi connectivity index (χ1v) is 3.64. The van der Waals surface area contributed by atoms with Crippen molar-refractivity contribution in [3.63, 3.8) is 0 Å². The summed E-state index contributed by atoms with van der Waals surface area (Å²) in [5, 5.41) is 1.83. The lowest BCUT2D eigenvalue weighted by molar-refractivity contribution is 1.47. The number of hydrogen-bond acceptors (Lipinski definition) is 1. The van der Waals surface area contributed by atoms with Crippen molar-refractivity contribution in [1.82, 2.24) is 0 Å². The van der Waals surface area contributed by atoms with Gasteiger partial charge in [-0.25, -0.2) is 0 Å². The summed E-state index contributed by atoms with van der Waals surface area (Å²) in [5.41, 5.74) is 0. The Labute approximate surface area is 59.6 Å². The van der Waals surface area contributed by atoms with E-state index in [4.69, 9.17) is 0 Å². The van der Waals surface area contributed by atoms with Gasteiger partial charge in [-0.15, -0.1) is 0 Å². The highest BCUT2D eigenvalue weighted by Gasteiger charge is 1.82. The van der Waals surface area contributed by atoms with Crippen LogP contribution in [0.15, 0.2) is 47.2 Å². The van der Waals surface area contributed by atoms with Gasteiger partial charge in [-0.3, -0.25) is 0 Å². The summed E-state index contributed by atoms with van der Waals surface area (Å²) in [7, 11) is 0. The molecule has 0 amide bonds. The van der Waals surface area contributed by atoms with Crippen LogP contribution in [0.25, 0.3) is 0 Å². The summed E-state index contributed by atoms with van der Waals surface area (Å²) < 4.78 is 0. The van der Waals surface area contributed by atoms with E-state index in [0.29, 0.717) is 0 Å². The molecule has 0 aliphatic rings. The first-order valence-electron chi connectivity index (χ1n) is 2.76. The molecule has 1 aromatic rings. The molecule has 0 nitrogen and oxygen atoms in total. The molecule has 0 saturated carbocycles. The summed E-state index contributed by atoms with van der Waals surface area (Å²) in [6, 6.07) is 10.2. The predicted octanol–water partition coefficient (Wildman–Crippen LogP) is 2.92. The van der Waals surface area contributed by atoms with Crippen LogP contribution < -0.4 is 0 Å². The van der Waals surface area contributed by atoms with Crippen LogP contribution in [0.1, 0.15) is 0 Å². The maximum Gasteiger partial charge on any atom is 0.0116 e. The Morgan fingerprint density at radius 2 is 1.89 bits per heavy atom. The van der Waals surface area contributed by atoms with E-state index in [9.17, 15) is 0 Å². The molecule has 0 radical (unpaired) electrons. The third-order valence-corrected chi connectivity index (χ3v) is 1.67. The minimum atomic E-state index is 1.24. The van der Waals surface area contributed by atoms with E-state index in [1.165, 1.54) is 4.90 Å². The second-order valence-electron chi connectivity index (χ2n) is 1.60. The Balaban J connectivity index is 2.72. The van der Waals surface area contributed by atoms with Crippen molar-refractivity contribution in [1.29, 1.82) is 0 Å². The van der Waals surface area contributed by atoms with Crippen molar-refractivity contribution in [3.05, 3.63) is 42.3 Å². The summed E-state index contributed by atoms with van der Waals surface area (Å²) >= 11 is 1.64. The minimum absolute atomic E-state index is 1.24. The molecule has 0 N–H and O–H groups in total. The summed E-state index contributed by atoms with van der Waals surface area (Å²) in [5.74, 6) is 0. The van der Waals surface area contributed by atoms with Gasteiger partial charge in [-0.2, -0.15) is 0 Å². The molecule has 0 spiro atoms. The molecule has 0 heterocycles. The fourth-order valence-electron chi connectivity index (χ4n) is 0.595. The molecule has 0 aromatic heterocycles. The maximum absolute atomic E-state index is 3.62. The van der Waals surface area contributed by atoms with Gasteiger partial charge in [0.05, 0.1) is 0 Å². The largest absolute Gasteiger partial charge is 0.0987 e. The molecule has 46 valence electrons. The first-order chi connectivity index (χ1) is 4.43. The Bertz CT molecular complexity index is 179. The second kappa shape index (κ2) is 3.36. The average Bonchev–Trinajstić information content (AvgIpc) is 1.91. The van der Waals surface area contributed by atoms with E-state index in [-0.39, 0.29) is 0 Å². The molecule has 0 aliphatic heterocycles. The quantitative estimate of drug-likeness (QED) is 0.446. The third kappa shape index (κ3) is 1.94. The van der Waals surface area contributed by atoms with Crippen molar-refractivity contribution >= 4 is 11.8 Å². The Morgan fingerprint density at radius 3 is 2.44 bits per heavy atom. The van der Waals surface area contributed by atoms with Gasteiger partial charge in [0, 0.05) is 4.90 Å². The summed E-state index contributed by atoms with van der Waals surface area (Å²) in [6.45, 7) is 3.62. The zero-order valence-corrected chi connectivity index (χ0v) is 5.90. The Hall–Kier alpha value is -0.690. The molecule has 9 heavy (non-hydrogen) atoms.